The summed E-state index contributed by atoms with van der Waals surface area (Å²) in [5.41, 5.74) is 3.59. The summed E-state index contributed by atoms with van der Waals surface area (Å²) < 4.78 is 5.85. The Labute approximate surface area is 141 Å². The van der Waals surface area contributed by atoms with E-state index in [1.165, 1.54) is 11.3 Å². The van der Waals surface area contributed by atoms with Gasteiger partial charge in [-0.3, -0.25) is 4.90 Å². The Morgan fingerprint density at radius 2 is 1.75 bits per heavy atom. The van der Waals surface area contributed by atoms with Crippen molar-refractivity contribution >= 4 is 5.69 Å². The lowest BCUT2D eigenvalue weighted by Gasteiger charge is -2.19. The van der Waals surface area contributed by atoms with Crippen molar-refractivity contribution < 1.29 is 4.42 Å². The lowest BCUT2D eigenvalue weighted by Crippen LogP contribution is -2.29. The maximum Gasteiger partial charge on any atom is 0.247 e. The first-order valence-electron chi connectivity index (χ1n) is 8.19. The van der Waals surface area contributed by atoms with Crippen LogP contribution < -0.4 is 4.90 Å². The summed E-state index contributed by atoms with van der Waals surface area (Å²) in [7, 11) is 2.14. The van der Waals surface area contributed by atoms with Gasteiger partial charge in [-0.25, -0.2) is 0 Å². The van der Waals surface area contributed by atoms with E-state index >= 15 is 0 Å². The van der Waals surface area contributed by atoms with Crippen LogP contribution in [0.5, 0.6) is 0 Å². The molecule has 1 aromatic heterocycles. The molecule has 1 aliphatic heterocycles. The minimum absolute atomic E-state index is 0.581. The number of fused-ring (bicyclic) bond motifs is 1. The van der Waals surface area contributed by atoms with Crippen molar-refractivity contribution in [1.82, 2.24) is 15.1 Å². The molecule has 0 amide bonds. The SMILES string of the molecule is CN1CCN(Cc2nnc(-c3ccccc3)o2)Cc2ccccc21. The van der Waals surface area contributed by atoms with Crippen LogP contribution in [-0.2, 0) is 13.1 Å². The zero-order valence-electron chi connectivity index (χ0n) is 13.7. The van der Waals surface area contributed by atoms with Gasteiger partial charge in [-0.2, -0.15) is 0 Å². The van der Waals surface area contributed by atoms with Crippen LogP contribution in [0.25, 0.3) is 11.5 Å². The summed E-state index contributed by atoms with van der Waals surface area (Å²) in [6, 6.07) is 18.4. The number of aromatic nitrogens is 2. The topological polar surface area (TPSA) is 45.4 Å². The Hall–Kier alpha value is -2.66. The third-order valence-electron chi connectivity index (χ3n) is 4.39. The molecule has 0 saturated heterocycles. The first-order chi connectivity index (χ1) is 11.8. The van der Waals surface area contributed by atoms with E-state index in [0.717, 1.165) is 25.2 Å². The van der Waals surface area contributed by atoms with Gasteiger partial charge in [-0.15, -0.1) is 10.2 Å². The number of para-hydroxylation sites is 1. The number of likely N-dealkylation sites (N-methyl/N-ethyl adjacent to an activating group) is 1. The van der Waals surface area contributed by atoms with Crippen molar-refractivity contribution in [3.8, 4) is 11.5 Å². The van der Waals surface area contributed by atoms with Crippen molar-refractivity contribution in [2.24, 2.45) is 0 Å². The average molecular weight is 320 g/mol. The molecule has 2 heterocycles. The smallest absolute Gasteiger partial charge is 0.247 e. The molecule has 5 nitrogen and oxygen atoms in total. The lowest BCUT2D eigenvalue weighted by molar-refractivity contribution is 0.242. The molecule has 0 spiro atoms. The van der Waals surface area contributed by atoms with E-state index in [-0.39, 0.29) is 0 Å². The molecule has 0 N–H and O–H groups in total. The van der Waals surface area contributed by atoms with Gasteiger partial charge in [0.25, 0.3) is 0 Å². The highest BCUT2D eigenvalue weighted by Gasteiger charge is 2.19. The normalized spacial score (nSPS) is 15.1. The van der Waals surface area contributed by atoms with Crippen LogP contribution in [0.15, 0.2) is 59.0 Å². The minimum atomic E-state index is 0.581. The molecule has 122 valence electrons. The monoisotopic (exact) mass is 320 g/mol. The van der Waals surface area contributed by atoms with Crippen LogP contribution in [0.3, 0.4) is 0 Å². The molecule has 5 heteroatoms. The molecule has 0 fully saturated rings. The molecule has 0 atom stereocenters. The van der Waals surface area contributed by atoms with Gasteiger partial charge in [0, 0.05) is 37.9 Å². The molecular formula is C19H20N4O. The summed E-state index contributed by atoms with van der Waals surface area (Å²) in [6.45, 7) is 3.51. The fourth-order valence-electron chi connectivity index (χ4n) is 3.09. The van der Waals surface area contributed by atoms with E-state index in [2.05, 4.69) is 51.3 Å². The number of benzene rings is 2. The number of hydrogen-bond acceptors (Lipinski definition) is 5. The van der Waals surface area contributed by atoms with Gasteiger partial charge in [-0.05, 0) is 23.8 Å². The van der Waals surface area contributed by atoms with Gasteiger partial charge < -0.3 is 9.32 Å². The summed E-state index contributed by atoms with van der Waals surface area (Å²) in [5.74, 6) is 1.24. The summed E-state index contributed by atoms with van der Waals surface area (Å²) in [6.07, 6.45) is 0. The van der Waals surface area contributed by atoms with Gasteiger partial charge in [0.1, 0.15) is 0 Å². The van der Waals surface area contributed by atoms with E-state index in [9.17, 15) is 0 Å². The second-order valence-corrected chi connectivity index (χ2v) is 6.13. The van der Waals surface area contributed by atoms with Crippen LogP contribution in [0.4, 0.5) is 5.69 Å². The Balaban J connectivity index is 1.51. The zero-order valence-corrected chi connectivity index (χ0v) is 13.7. The molecule has 0 bridgehead atoms. The largest absolute Gasteiger partial charge is 0.419 e. The van der Waals surface area contributed by atoms with Crippen molar-refractivity contribution in [2.75, 3.05) is 25.0 Å². The summed E-state index contributed by atoms with van der Waals surface area (Å²) >= 11 is 0. The fraction of sp³-hybridized carbons (Fsp3) is 0.263. The maximum absolute atomic E-state index is 5.85. The van der Waals surface area contributed by atoms with Crippen LogP contribution in [0.2, 0.25) is 0 Å². The molecule has 0 unspecified atom stereocenters. The maximum atomic E-state index is 5.85. The Morgan fingerprint density at radius 1 is 0.958 bits per heavy atom. The number of hydrogen-bond donors (Lipinski definition) is 0. The Bertz CT molecular complexity index is 815. The molecular weight excluding hydrogens is 300 g/mol. The van der Waals surface area contributed by atoms with E-state index < -0.39 is 0 Å². The third-order valence-corrected chi connectivity index (χ3v) is 4.39. The van der Waals surface area contributed by atoms with E-state index in [0.29, 0.717) is 18.3 Å². The van der Waals surface area contributed by atoms with Crippen molar-refractivity contribution in [1.29, 1.82) is 0 Å². The second kappa shape index (κ2) is 6.45. The molecule has 3 aromatic rings. The quantitative estimate of drug-likeness (QED) is 0.741. The molecule has 1 aliphatic rings. The minimum Gasteiger partial charge on any atom is -0.419 e. The Kier molecular flexibility index (Phi) is 4.01. The standard InChI is InChI=1S/C19H20N4O/c1-22-11-12-23(13-16-9-5-6-10-17(16)22)14-18-20-21-19(24-18)15-7-3-2-4-8-15/h2-10H,11-14H2,1H3. The highest BCUT2D eigenvalue weighted by molar-refractivity contribution is 5.54. The number of anilines is 1. The summed E-state index contributed by atoms with van der Waals surface area (Å²) in [5, 5.41) is 8.40. The molecule has 0 radical (unpaired) electrons. The van der Waals surface area contributed by atoms with Crippen molar-refractivity contribution in [3.05, 3.63) is 66.1 Å². The highest BCUT2D eigenvalue weighted by atomic mass is 16.4. The van der Waals surface area contributed by atoms with Gasteiger partial charge in [-0.1, -0.05) is 36.4 Å². The van der Waals surface area contributed by atoms with Crippen LogP contribution in [0.1, 0.15) is 11.5 Å². The van der Waals surface area contributed by atoms with Gasteiger partial charge >= 0.3 is 0 Å². The zero-order chi connectivity index (χ0) is 16.4. The van der Waals surface area contributed by atoms with Crippen LogP contribution >= 0.6 is 0 Å². The summed E-state index contributed by atoms with van der Waals surface area (Å²) in [4.78, 5) is 4.66. The predicted octanol–water partition coefficient (Wildman–Crippen LogP) is 3.19. The lowest BCUT2D eigenvalue weighted by atomic mass is 10.1. The molecule has 24 heavy (non-hydrogen) atoms. The average Bonchev–Trinajstić information content (AvgIpc) is 3.03. The number of nitrogens with zero attached hydrogens (tertiary/aromatic N) is 4. The van der Waals surface area contributed by atoms with Gasteiger partial charge in [0.05, 0.1) is 6.54 Å². The molecule has 0 saturated carbocycles. The van der Waals surface area contributed by atoms with Crippen molar-refractivity contribution in [3.63, 3.8) is 0 Å². The predicted molar refractivity (Wildman–Crippen MR) is 93.6 cm³/mol. The Morgan fingerprint density at radius 3 is 2.62 bits per heavy atom. The third kappa shape index (κ3) is 3.03. The van der Waals surface area contributed by atoms with Gasteiger partial charge in [0.2, 0.25) is 11.8 Å². The second-order valence-electron chi connectivity index (χ2n) is 6.13. The van der Waals surface area contributed by atoms with E-state index in [1.807, 2.05) is 30.3 Å². The van der Waals surface area contributed by atoms with Crippen LogP contribution in [0, 0.1) is 0 Å². The fourth-order valence-corrected chi connectivity index (χ4v) is 3.09. The van der Waals surface area contributed by atoms with Crippen LogP contribution in [-0.4, -0.2) is 35.2 Å². The molecule has 0 aliphatic carbocycles. The van der Waals surface area contributed by atoms with E-state index in [4.69, 9.17) is 4.42 Å². The molecule has 4 rings (SSSR count). The first kappa shape index (κ1) is 14.9. The number of rotatable bonds is 3. The highest BCUT2D eigenvalue weighted by Crippen LogP contribution is 2.25. The first-order valence-corrected chi connectivity index (χ1v) is 8.19. The van der Waals surface area contributed by atoms with Gasteiger partial charge in [0.15, 0.2) is 0 Å². The molecule has 2 aromatic carbocycles. The van der Waals surface area contributed by atoms with Crippen molar-refractivity contribution in [2.45, 2.75) is 13.1 Å². The van der Waals surface area contributed by atoms with E-state index in [1.54, 1.807) is 0 Å².